The van der Waals surface area contributed by atoms with Gasteiger partial charge in [0.05, 0.1) is 0 Å². The van der Waals surface area contributed by atoms with E-state index in [1.54, 1.807) is 11.1 Å². The van der Waals surface area contributed by atoms with Crippen LogP contribution in [0.3, 0.4) is 0 Å². The van der Waals surface area contributed by atoms with Gasteiger partial charge in [0.2, 0.25) is 0 Å². The first kappa shape index (κ1) is 9.45. The van der Waals surface area contributed by atoms with Crippen molar-refractivity contribution < 1.29 is 0 Å². The van der Waals surface area contributed by atoms with Crippen LogP contribution in [-0.2, 0) is 0 Å². The maximum Gasteiger partial charge on any atom is -0.00883 e. The van der Waals surface area contributed by atoms with Crippen LogP contribution in [0.25, 0.3) is 0 Å². The molecule has 0 radical (unpaired) electrons. The van der Waals surface area contributed by atoms with E-state index in [4.69, 9.17) is 0 Å². The number of fused-ring (bicyclic) bond motifs is 2. The predicted molar refractivity (Wildman–Crippen MR) is 64.5 cm³/mol. The topological polar surface area (TPSA) is 0 Å². The minimum Gasteiger partial charge on any atom is -0.0882 e. The predicted octanol–water partition coefficient (Wildman–Crippen LogP) is 4.26. The standard InChI is InChI=1S/C15H20/c1-15(2)13-9-5-3-7-11(13)12-8-4-6-10-14(12)15/h3-5,8,11,13H,6-7,9-10H2,1-2H3. The smallest absolute Gasteiger partial charge is 0.00883 e. The summed E-state index contributed by atoms with van der Waals surface area (Å²) in [6.07, 6.45) is 14.7. The van der Waals surface area contributed by atoms with Gasteiger partial charge in [0.1, 0.15) is 0 Å². The normalized spacial score (nSPS) is 36.7. The van der Waals surface area contributed by atoms with Gasteiger partial charge in [0, 0.05) is 0 Å². The van der Waals surface area contributed by atoms with E-state index in [1.165, 1.54) is 25.7 Å². The van der Waals surface area contributed by atoms with Gasteiger partial charge in [-0.15, -0.1) is 0 Å². The Kier molecular flexibility index (Phi) is 1.95. The molecule has 15 heavy (non-hydrogen) atoms. The largest absolute Gasteiger partial charge is 0.0882 e. The molecule has 0 fully saturated rings. The summed E-state index contributed by atoms with van der Waals surface area (Å²) in [4.78, 5) is 0. The summed E-state index contributed by atoms with van der Waals surface area (Å²) < 4.78 is 0. The maximum absolute atomic E-state index is 2.46. The first-order chi connectivity index (χ1) is 7.21. The molecule has 3 aliphatic carbocycles. The zero-order chi connectivity index (χ0) is 10.5. The van der Waals surface area contributed by atoms with Gasteiger partial charge in [0.15, 0.2) is 0 Å². The van der Waals surface area contributed by atoms with Crippen molar-refractivity contribution in [3.05, 3.63) is 35.5 Å². The highest BCUT2D eigenvalue weighted by atomic mass is 14.5. The van der Waals surface area contributed by atoms with Crippen LogP contribution in [0, 0.1) is 17.3 Å². The summed E-state index contributed by atoms with van der Waals surface area (Å²) in [7, 11) is 0. The molecule has 3 aliphatic rings. The molecule has 2 atom stereocenters. The molecule has 0 aromatic heterocycles. The van der Waals surface area contributed by atoms with E-state index < -0.39 is 0 Å². The fourth-order valence-electron chi connectivity index (χ4n) is 3.90. The van der Waals surface area contributed by atoms with Gasteiger partial charge in [-0.3, -0.25) is 0 Å². The number of hydrogen-bond donors (Lipinski definition) is 0. The monoisotopic (exact) mass is 200 g/mol. The molecule has 0 heterocycles. The van der Waals surface area contributed by atoms with E-state index >= 15 is 0 Å². The van der Waals surface area contributed by atoms with Crippen molar-refractivity contribution in [2.75, 3.05) is 0 Å². The fraction of sp³-hybridized carbons (Fsp3) is 0.600. The lowest BCUT2D eigenvalue weighted by atomic mass is 9.70. The zero-order valence-corrected chi connectivity index (χ0v) is 9.79. The average molecular weight is 200 g/mol. The minimum atomic E-state index is 0.454. The molecule has 2 unspecified atom stereocenters. The fourth-order valence-corrected chi connectivity index (χ4v) is 3.90. The summed E-state index contributed by atoms with van der Waals surface area (Å²) in [6, 6.07) is 0. The first-order valence-electron chi connectivity index (χ1n) is 6.26. The van der Waals surface area contributed by atoms with Gasteiger partial charge in [-0.2, -0.15) is 0 Å². The highest BCUT2D eigenvalue weighted by Crippen LogP contribution is 2.57. The second-order valence-electron chi connectivity index (χ2n) is 5.75. The van der Waals surface area contributed by atoms with E-state index in [9.17, 15) is 0 Å². The molecule has 0 aromatic rings. The molecule has 0 heteroatoms. The highest BCUT2D eigenvalue weighted by molar-refractivity contribution is 5.42. The lowest BCUT2D eigenvalue weighted by Crippen LogP contribution is -2.26. The molecule has 0 saturated heterocycles. The van der Waals surface area contributed by atoms with Crippen LogP contribution in [0.15, 0.2) is 35.5 Å². The van der Waals surface area contributed by atoms with Crippen molar-refractivity contribution in [2.24, 2.45) is 17.3 Å². The van der Waals surface area contributed by atoms with Gasteiger partial charge < -0.3 is 0 Å². The molecule has 0 saturated carbocycles. The van der Waals surface area contributed by atoms with Crippen molar-refractivity contribution in [3.63, 3.8) is 0 Å². The Bertz CT molecular complexity index is 365. The summed E-state index contributed by atoms with van der Waals surface area (Å²) in [5.74, 6) is 1.70. The van der Waals surface area contributed by atoms with E-state index in [0.717, 1.165) is 11.8 Å². The summed E-state index contributed by atoms with van der Waals surface area (Å²) >= 11 is 0. The van der Waals surface area contributed by atoms with Crippen molar-refractivity contribution in [2.45, 2.75) is 39.5 Å². The molecule has 3 rings (SSSR count). The van der Waals surface area contributed by atoms with E-state index in [1.807, 2.05) is 0 Å². The van der Waals surface area contributed by atoms with Crippen LogP contribution < -0.4 is 0 Å². The summed E-state index contributed by atoms with van der Waals surface area (Å²) in [6.45, 7) is 4.93. The molecule has 80 valence electrons. The Hall–Kier alpha value is -0.780. The van der Waals surface area contributed by atoms with Crippen LogP contribution in [-0.4, -0.2) is 0 Å². The van der Waals surface area contributed by atoms with Gasteiger partial charge in [0.25, 0.3) is 0 Å². The van der Waals surface area contributed by atoms with Gasteiger partial charge in [-0.1, -0.05) is 43.7 Å². The van der Waals surface area contributed by atoms with Crippen LogP contribution in [0.4, 0.5) is 0 Å². The van der Waals surface area contributed by atoms with Crippen LogP contribution in [0.5, 0.6) is 0 Å². The quantitative estimate of drug-likeness (QED) is 0.513. The van der Waals surface area contributed by atoms with Gasteiger partial charge in [-0.05, 0) is 48.5 Å². The number of allylic oxidation sites excluding steroid dienone is 6. The maximum atomic E-state index is 2.46. The van der Waals surface area contributed by atoms with E-state index in [2.05, 4.69) is 38.2 Å². The zero-order valence-electron chi connectivity index (χ0n) is 9.79. The van der Waals surface area contributed by atoms with Gasteiger partial charge in [-0.25, -0.2) is 0 Å². The Balaban J connectivity index is 2.07. The third-order valence-electron chi connectivity index (χ3n) is 4.74. The molecule has 0 aliphatic heterocycles. The van der Waals surface area contributed by atoms with Crippen molar-refractivity contribution in [1.29, 1.82) is 0 Å². The molecule has 0 amide bonds. The molecular weight excluding hydrogens is 180 g/mol. The van der Waals surface area contributed by atoms with Crippen LogP contribution >= 0.6 is 0 Å². The summed E-state index contributed by atoms with van der Waals surface area (Å²) in [5.41, 5.74) is 3.92. The SMILES string of the molecule is CC1(C)C2=C(C=CCC2)C2CC=CCC21. The Labute approximate surface area is 92.8 Å². The lowest BCUT2D eigenvalue weighted by molar-refractivity contribution is 0.226. The second-order valence-corrected chi connectivity index (χ2v) is 5.75. The lowest BCUT2D eigenvalue weighted by Gasteiger charge is -2.34. The average Bonchev–Trinajstić information content (AvgIpc) is 2.51. The van der Waals surface area contributed by atoms with E-state index in [-0.39, 0.29) is 0 Å². The van der Waals surface area contributed by atoms with Crippen LogP contribution in [0.1, 0.15) is 39.5 Å². The molecule has 0 nitrogen and oxygen atoms in total. The number of rotatable bonds is 0. The molecule has 0 aromatic carbocycles. The van der Waals surface area contributed by atoms with Crippen LogP contribution in [0.2, 0.25) is 0 Å². The van der Waals surface area contributed by atoms with Crippen molar-refractivity contribution >= 4 is 0 Å². The Morgan fingerprint density at radius 3 is 2.80 bits per heavy atom. The Morgan fingerprint density at radius 1 is 1.13 bits per heavy atom. The Morgan fingerprint density at radius 2 is 1.93 bits per heavy atom. The highest BCUT2D eigenvalue weighted by Gasteiger charge is 2.46. The molecular formula is C15H20. The second kappa shape index (κ2) is 3.10. The third kappa shape index (κ3) is 1.20. The van der Waals surface area contributed by atoms with E-state index in [0.29, 0.717) is 5.41 Å². The van der Waals surface area contributed by atoms with Gasteiger partial charge >= 0.3 is 0 Å². The molecule has 0 bridgehead atoms. The third-order valence-corrected chi connectivity index (χ3v) is 4.74. The molecule has 0 spiro atoms. The number of hydrogen-bond acceptors (Lipinski definition) is 0. The summed E-state index contributed by atoms with van der Waals surface area (Å²) in [5, 5.41) is 0. The minimum absolute atomic E-state index is 0.454. The van der Waals surface area contributed by atoms with Crippen molar-refractivity contribution in [1.82, 2.24) is 0 Å². The van der Waals surface area contributed by atoms with Crippen molar-refractivity contribution in [3.8, 4) is 0 Å². The first-order valence-corrected chi connectivity index (χ1v) is 6.26. The molecule has 0 N–H and O–H groups in total.